The van der Waals surface area contributed by atoms with Crippen LogP contribution >= 0.6 is 0 Å². The van der Waals surface area contributed by atoms with E-state index in [1.165, 1.54) is 10.9 Å². The van der Waals surface area contributed by atoms with E-state index in [2.05, 4.69) is 15.0 Å². The number of hydrogen-bond donors (Lipinski definition) is 3. The molecule has 1 saturated carbocycles. The maximum atomic E-state index is 13.9. The number of H-pyrrole nitrogens is 1. The van der Waals surface area contributed by atoms with Gasteiger partial charge in [0.15, 0.2) is 17.4 Å². The van der Waals surface area contributed by atoms with Gasteiger partial charge in [0.05, 0.1) is 17.8 Å². The van der Waals surface area contributed by atoms with Crippen LogP contribution in [0.5, 0.6) is 0 Å². The smallest absolute Gasteiger partial charge is 0.280 e. The molecule has 124 valence electrons. The number of nitrogen functional groups attached to an aromatic ring is 1. The summed E-state index contributed by atoms with van der Waals surface area (Å²) in [4.78, 5) is 22.0. The quantitative estimate of drug-likeness (QED) is 0.734. The summed E-state index contributed by atoms with van der Waals surface area (Å²) in [5.74, 6) is -3.10. The molecule has 0 radical (unpaired) electrons. The Bertz CT molecular complexity index is 850. The third-order valence-electron chi connectivity index (χ3n) is 4.84. The fourth-order valence-electron chi connectivity index (χ4n) is 3.61. The number of hydrogen-bond acceptors (Lipinski definition) is 6. The fraction of sp³-hybridized carbons (Fsp3) is 0.615. The Hall–Kier alpha value is -2.07. The van der Waals surface area contributed by atoms with E-state index < -0.39 is 41.8 Å². The lowest BCUT2D eigenvalue weighted by Crippen LogP contribution is -2.33. The highest BCUT2D eigenvalue weighted by molar-refractivity contribution is 5.70. The second-order valence-electron chi connectivity index (χ2n) is 6.07. The van der Waals surface area contributed by atoms with E-state index in [1.807, 2.05) is 0 Å². The van der Waals surface area contributed by atoms with Crippen LogP contribution in [-0.2, 0) is 4.74 Å². The molecular formula is C13H15F2N5O3. The summed E-state index contributed by atoms with van der Waals surface area (Å²) in [6.45, 7) is 1.73. The molecule has 3 heterocycles. The number of aliphatic hydroxyl groups is 1. The van der Waals surface area contributed by atoms with Gasteiger partial charge >= 0.3 is 0 Å². The molecular weight excluding hydrogens is 312 g/mol. The molecule has 1 spiro atoms. The van der Waals surface area contributed by atoms with Gasteiger partial charge in [0.2, 0.25) is 5.95 Å². The number of aromatic amines is 1. The Morgan fingerprint density at radius 3 is 2.87 bits per heavy atom. The normalized spacial score (nSPS) is 35.2. The van der Waals surface area contributed by atoms with Crippen LogP contribution in [-0.4, -0.2) is 42.8 Å². The first-order chi connectivity index (χ1) is 10.8. The number of nitrogens with zero attached hydrogens (tertiary/aromatic N) is 3. The van der Waals surface area contributed by atoms with Gasteiger partial charge in [-0.2, -0.15) is 4.98 Å². The first-order valence-electron chi connectivity index (χ1n) is 7.25. The zero-order valence-electron chi connectivity index (χ0n) is 12.2. The molecule has 0 amide bonds. The van der Waals surface area contributed by atoms with Gasteiger partial charge in [-0.05, 0) is 6.42 Å². The maximum absolute atomic E-state index is 13.9. The highest BCUT2D eigenvalue weighted by Crippen LogP contribution is 2.70. The van der Waals surface area contributed by atoms with Crippen molar-refractivity contribution in [3.05, 3.63) is 16.7 Å². The predicted octanol–water partition coefficient (Wildman–Crippen LogP) is 0.395. The number of anilines is 1. The Morgan fingerprint density at radius 2 is 2.30 bits per heavy atom. The van der Waals surface area contributed by atoms with Gasteiger partial charge in [0.1, 0.15) is 6.10 Å². The number of imidazole rings is 1. The topological polar surface area (TPSA) is 119 Å². The molecule has 0 aromatic carbocycles. The van der Waals surface area contributed by atoms with Crippen LogP contribution in [0, 0.1) is 5.41 Å². The van der Waals surface area contributed by atoms with Crippen molar-refractivity contribution in [2.24, 2.45) is 5.41 Å². The molecule has 1 unspecified atom stereocenters. The van der Waals surface area contributed by atoms with Crippen molar-refractivity contribution in [2.45, 2.75) is 44.1 Å². The van der Waals surface area contributed by atoms with Crippen LogP contribution in [0.3, 0.4) is 0 Å². The highest BCUT2D eigenvalue weighted by atomic mass is 19.3. The number of aromatic nitrogens is 4. The second kappa shape index (κ2) is 4.26. The Labute approximate surface area is 128 Å². The van der Waals surface area contributed by atoms with E-state index in [1.54, 1.807) is 6.92 Å². The SMILES string of the molecule is CC[C@H]1O[C@@H](n2cnc3c(=O)[nH]c(N)nc32)[C@H](O)C12CC2(F)F. The molecule has 8 nitrogen and oxygen atoms in total. The lowest BCUT2D eigenvalue weighted by Gasteiger charge is -2.19. The molecule has 1 saturated heterocycles. The van der Waals surface area contributed by atoms with Crippen LogP contribution in [0.15, 0.2) is 11.1 Å². The van der Waals surface area contributed by atoms with Crippen molar-refractivity contribution in [1.29, 1.82) is 0 Å². The Morgan fingerprint density at radius 1 is 1.61 bits per heavy atom. The molecule has 4 atom stereocenters. The van der Waals surface area contributed by atoms with Crippen molar-refractivity contribution in [3.8, 4) is 0 Å². The summed E-state index contributed by atoms with van der Waals surface area (Å²) in [5, 5.41) is 10.5. The molecule has 2 aromatic heterocycles. The largest absolute Gasteiger partial charge is 0.387 e. The molecule has 10 heteroatoms. The number of nitrogens with one attached hydrogen (secondary N) is 1. The van der Waals surface area contributed by atoms with E-state index in [9.17, 15) is 18.7 Å². The maximum Gasteiger partial charge on any atom is 0.280 e. The molecule has 2 aromatic rings. The van der Waals surface area contributed by atoms with Crippen LogP contribution in [0.4, 0.5) is 14.7 Å². The number of fused-ring (bicyclic) bond motifs is 1. The predicted molar refractivity (Wildman–Crippen MR) is 74.8 cm³/mol. The molecule has 4 N–H and O–H groups in total. The first kappa shape index (κ1) is 14.5. The minimum atomic E-state index is -2.97. The average Bonchev–Trinajstić information content (AvgIpc) is 2.78. The van der Waals surface area contributed by atoms with Crippen LogP contribution < -0.4 is 11.3 Å². The first-order valence-corrected chi connectivity index (χ1v) is 7.25. The van der Waals surface area contributed by atoms with Gasteiger partial charge in [0.25, 0.3) is 11.5 Å². The van der Waals surface area contributed by atoms with Crippen molar-refractivity contribution in [3.63, 3.8) is 0 Å². The summed E-state index contributed by atoms with van der Waals surface area (Å²) in [7, 11) is 0. The molecule has 4 rings (SSSR count). The van der Waals surface area contributed by atoms with Crippen LogP contribution in [0.1, 0.15) is 26.0 Å². The minimum Gasteiger partial charge on any atom is -0.387 e. The van der Waals surface area contributed by atoms with E-state index in [4.69, 9.17) is 10.5 Å². The molecule has 0 bridgehead atoms. The van der Waals surface area contributed by atoms with E-state index in [0.717, 1.165) is 0 Å². The Kier molecular flexibility index (Phi) is 2.69. The molecule has 2 fully saturated rings. The van der Waals surface area contributed by atoms with E-state index in [-0.39, 0.29) is 17.1 Å². The number of aliphatic hydroxyl groups excluding tert-OH is 1. The van der Waals surface area contributed by atoms with Gasteiger partial charge in [-0.1, -0.05) is 6.92 Å². The standard InChI is InChI=1S/C13H15F2N5O3/c1-2-5-12(3-13(12,14)15)7(21)10(23-5)20-4-17-6-8(20)18-11(16)19-9(6)22/h4-5,7,10,21H,2-3H2,1H3,(H3,16,18,19,22)/t5-,7+,10-,12?/m1/s1. The van der Waals surface area contributed by atoms with Gasteiger partial charge < -0.3 is 15.6 Å². The Balaban J connectivity index is 1.82. The summed E-state index contributed by atoms with van der Waals surface area (Å²) in [6, 6.07) is 0. The summed E-state index contributed by atoms with van der Waals surface area (Å²) >= 11 is 0. The lowest BCUT2D eigenvalue weighted by molar-refractivity contribution is -0.0356. The van der Waals surface area contributed by atoms with Crippen molar-refractivity contribution in [1.82, 2.24) is 19.5 Å². The third-order valence-corrected chi connectivity index (χ3v) is 4.84. The van der Waals surface area contributed by atoms with Crippen molar-refractivity contribution in [2.75, 3.05) is 5.73 Å². The van der Waals surface area contributed by atoms with Crippen LogP contribution in [0.25, 0.3) is 11.2 Å². The lowest BCUT2D eigenvalue weighted by atomic mass is 9.92. The summed E-state index contributed by atoms with van der Waals surface area (Å²) < 4.78 is 34.7. The molecule has 1 aliphatic heterocycles. The zero-order chi connectivity index (χ0) is 16.6. The molecule has 2 aliphatic rings. The number of alkyl halides is 2. The fourth-order valence-corrected chi connectivity index (χ4v) is 3.61. The van der Waals surface area contributed by atoms with Crippen molar-refractivity contribution < 1.29 is 18.6 Å². The van der Waals surface area contributed by atoms with Crippen molar-refractivity contribution >= 4 is 17.1 Å². The summed E-state index contributed by atoms with van der Waals surface area (Å²) in [5.41, 5.74) is 3.48. The molecule has 23 heavy (non-hydrogen) atoms. The molecule has 1 aliphatic carbocycles. The van der Waals surface area contributed by atoms with Gasteiger partial charge in [-0.15, -0.1) is 0 Å². The average molecular weight is 327 g/mol. The van der Waals surface area contributed by atoms with Gasteiger partial charge in [-0.25, -0.2) is 13.8 Å². The third kappa shape index (κ3) is 1.67. The number of nitrogens with two attached hydrogens (primary N) is 1. The second-order valence-corrected chi connectivity index (χ2v) is 6.07. The van der Waals surface area contributed by atoms with E-state index >= 15 is 0 Å². The zero-order valence-corrected chi connectivity index (χ0v) is 12.2. The van der Waals surface area contributed by atoms with Gasteiger partial charge in [0, 0.05) is 6.42 Å². The van der Waals surface area contributed by atoms with Gasteiger partial charge in [-0.3, -0.25) is 14.3 Å². The number of rotatable bonds is 2. The monoisotopic (exact) mass is 327 g/mol. The number of ether oxygens (including phenoxy) is 1. The summed E-state index contributed by atoms with van der Waals surface area (Å²) in [6.07, 6.45) is -2.14. The number of halogens is 2. The van der Waals surface area contributed by atoms with Crippen LogP contribution in [0.2, 0.25) is 0 Å². The van der Waals surface area contributed by atoms with E-state index in [0.29, 0.717) is 6.42 Å². The minimum absolute atomic E-state index is 0.00607. The highest BCUT2D eigenvalue weighted by Gasteiger charge is 2.82.